The van der Waals surface area contributed by atoms with Crippen molar-refractivity contribution in [2.24, 2.45) is 9.98 Å². The summed E-state index contributed by atoms with van der Waals surface area (Å²) in [5.74, 6) is 1.58. The third kappa shape index (κ3) is 16.2. The van der Waals surface area contributed by atoms with E-state index in [1.54, 1.807) is 47.2 Å². The Morgan fingerprint density at radius 3 is 1.18 bits per heavy atom. The number of aromatic hydroxyl groups is 2. The molecule has 3 aromatic carbocycles. The van der Waals surface area contributed by atoms with Crippen LogP contribution in [-0.4, -0.2) is 35.9 Å². The van der Waals surface area contributed by atoms with Crippen molar-refractivity contribution in [3.8, 4) is 43.9 Å². The first-order valence-electron chi connectivity index (χ1n) is 22.8. The van der Waals surface area contributed by atoms with Crippen LogP contribution in [-0.2, 0) is 0 Å². The van der Waals surface area contributed by atoms with E-state index in [4.69, 9.17) is 19.5 Å². The summed E-state index contributed by atoms with van der Waals surface area (Å²) in [6, 6.07) is 23.2. The van der Waals surface area contributed by atoms with Crippen LogP contribution in [0.15, 0.2) is 93.5 Å². The average molecular weight is 849 g/mol. The van der Waals surface area contributed by atoms with Gasteiger partial charge in [0.1, 0.15) is 11.5 Å². The van der Waals surface area contributed by atoms with Gasteiger partial charge < -0.3 is 19.7 Å². The molecule has 0 atom stereocenters. The van der Waals surface area contributed by atoms with Crippen LogP contribution in [0.4, 0.5) is 11.4 Å². The molecule has 0 fully saturated rings. The summed E-state index contributed by atoms with van der Waals surface area (Å²) < 4.78 is 13.0. The van der Waals surface area contributed by atoms with Crippen LogP contribution in [0.1, 0.15) is 153 Å². The Hall–Kier alpha value is -4.40. The molecule has 0 saturated carbocycles. The number of nitrogens with zero attached hydrogens (tertiary/aromatic N) is 2. The minimum absolute atomic E-state index is 0.147. The van der Waals surface area contributed by atoms with Crippen molar-refractivity contribution in [1.82, 2.24) is 0 Å². The number of benzene rings is 3. The third-order valence-electron chi connectivity index (χ3n) is 10.9. The van der Waals surface area contributed by atoms with Crippen molar-refractivity contribution in [3.63, 3.8) is 0 Å². The maximum absolute atomic E-state index is 10.9. The lowest BCUT2D eigenvalue weighted by atomic mass is 10.1. The quantitative estimate of drug-likeness (QED) is 0.0356. The highest BCUT2D eigenvalue weighted by Crippen LogP contribution is 2.41. The summed E-state index contributed by atoms with van der Waals surface area (Å²) in [7, 11) is 0. The lowest BCUT2D eigenvalue weighted by Crippen LogP contribution is -2.03. The fraction of sp³-hybridized carbons (Fsp3) is 0.462. The van der Waals surface area contributed by atoms with Crippen molar-refractivity contribution in [3.05, 3.63) is 94.7 Å². The summed E-state index contributed by atoms with van der Waals surface area (Å²) in [6.07, 6.45) is 28.6. The van der Waals surface area contributed by atoms with Crippen LogP contribution < -0.4 is 9.47 Å². The Balaban J connectivity index is 1.35. The van der Waals surface area contributed by atoms with Crippen LogP contribution in [0.2, 0.25) is 0 Å². The molecule has 0 spiro atoms. The van der Waals surface area contributed by atoms with Gasteiger partial charge in [0, 0.05) is 45.4 Å². The second-order valence-electron chi connectivity index (χ2n) is 15.9. The van der Waals surface area contributed by atoms with Gasteiger partial charge in [-0.2, -0.15) is 0 Å². The third-order valence-corrected chi connectivity index (χ3v) is 12.7. The molecule has 5 aromatic rings. The molecule has 0 aliphatic heterocycles. The van der Waals surface area contributed by atoms with E-state index in [-0.39, 0.29) is 11.5 Å². The van der Waals surface area contributed by atoms with Gasteiger partial charge in [-0.1, -0.05) is 142 Å². The molecule has 2 heterocycles. The zero-order valence-electron chi connectivity index (χ0n) is 36.2. The fourth-order valence-corrected chi connectivity index (χ4v) is 8.75. The molecule has 0 unspecified atom stereocenters. The number of phenolic OH excluding ortho intramolecular Hbond substituents is 2. The van der Waals surface area contributed by atoms with Gasteiger partial charge in [0.25, 0.3) is 0 Å². The number of unbranched alkanes of at least 4 members (excludes halogenated alkanes) is 18. The number of ether oxygens (including phenoxy) is 2. The van der Waals surface area contributed by atoms with Crippen LogP contribution in [0.3, 0.4) is 0 Å². The predicted octanol–water partition coefficient (Wildman–Crippen LogP) is 16.7. The predicted molar refractivity (Wildman–Crippen MR) is 258 cm³/mol. The number of thiophene rings is 2. The van der Waals surface area contributed by atoms with Crippen molar-refractivity contribution >= 4 is 46.5 Å². The Morgan fingerprint density at radius 2 is 0.833 bits per heavy atom. The molecule has 6 nitrogen and oxygen atoms in total. The zero-order chi connectivity index (χ0) is 42.0. The van der Waals surface area contributed by atoms with Crippen LogP contribution in [0, 0.1) is 0 Å². The molecular formula is C52H68N2O4S2. The maximum Gasteiger partial charge on any atom is 0.163 e. The van der Waals surface area contributed by atoms with Crippen LogP contribution in [0.5, 0.6) is 23.0 Å². The molecule has 0 radical (unpaired) electrons. The van der Waals surface area contributed by atoms with E-state index in [0.717, 1.165) is 46.6 Å². The highest BCUT2D eigenvalue weighted by molar-refractivity contribution is 7.13. The maximum atomic E-state index is 10.9. The van der Waals surface area contributed by atoms with Gasteiger partial charge in [-0.25, -0.2) is 0 Å². The van der Waals surface area contributed by atoms with E-state index < -0.39 is 0 Å². The molecule has 2 N–H and O–H groups in total. The number of phenols is 2. The summed E-state index contributed by atoms with van der Waals surface area (Å²) in [4.78, 5) is 12.1. The van der Waals surface area contributed by atoms with Crippen molar-refractivity contribution in [2.45, 2.75) is 142 Å². The van der Waals surface area contributed by atoms with E-state index >= 15 is 0 Å². The SMILES string of the molecule is CCCCCCCCCCCCOc1cc(N=Cc2cc(-c3cccs3)ccc2O)c(N=Cc2cc(-c3cccs3)ccc2O)cc1OCCCCCCCCCCCC. The summed E-state index contributed by atoms with van der Waals surface area (Å²) in [5, 5.41) is 25.8. The van der Waals surface area contributed by atoms with Crippen molar-refractivity contribution < 1.29 is 19.7 Å². The monoisotopic (exact) mass is 848 g/mol. The van der Waals surface area contributed by atoms with Gasteiger partial charge in [-0.3, -0.25) is 9.98 Å². The standard InChI is InChI=1S/C52H68N2O4S2/c1-3-5-7-9-11-13-15-17-19-21-31-57-49-37-45(53-39-43-35-41(27-29-47(43)55)51-25-23-33-59-51)46(38-50(49)58-32-22-20-18-16-14-12-10-8-6-4-2)54-40-44-36-42(28-30-48(44)56)52-26-24-34-60-52/h23-30,33-40,55-56H,3-22,31-32H2,1-2H3. The molecule has 60 heavy (non-hydrogen) atoms. The van der Waals surface area contributed by atoms with Crippen LogP contribution >= 0.6 is 22.7 Å². The first kappa shape index (κ1) is 46.7. The van der Waals surface area contributed by atoms with Crippen molar-refractivity contribution in [1.29, 1.82) is 0 Å². The molecule has 5 rings (SSSR count). The molecular weight excluding hydrogens is 781 g/mol. The van der Waals surface area contributed by atoms with E-state index in [9.17, 15) is 10.2 Å². The highest BCUT2D eigenvalue weighted by atomic mass is 32.1. The Bertz CT molecular complexity index is 1840. The van der Waals surface area contributed by atoms with Gasteiger partial charge in [-0.05, 0) is 83.3 Å². The number of hydrogen-bond donors (Lipinski definition) is 2. The molecule has 2 aromatic heterocycles. The first-order valence-corrected chi connectivity index (χ1v) is 24.6. The molecule has 0 aliphatic rings. The van der Waals surface area contributed by atoms with E-state index in [2.05, 4.69) is 26.0 Å². The Labute approximate surface area is 368 Å². The van der Waals surface area contributed by atoms with Gasteiger partial charge in [-0.15, -0.1) is 22.7 Å². The molecule has 0 aliphatic carbocycles. The minimum Gasteiger partial charge on any atom is -0.507 e. The van der Waals surface area contributed by atoms with E-state index in [1.807, 2.05) is 59.3 Å². The number of rotatable bonds is 30. The summed E-state index contributed by atoms with van der Waals surface area (Å²) in [6.45, 7) is 5.71. The van der Waals surface area contributed by atoms with E-state index in [0.29, 0.717) is 47.2 Å². The fourth-order valence-electron chi connectivity index (χ4n) is 7.30. The Kier molecular flexibility index (Phi) is 21.3. The summed E-state index contributed by atoms with van der Waals surface area (Å²) in [5.41, 5.74) is 4.38. The van der Waals surface area contributed by atoms with E-state index in [1.165, 1.54) is 103 Å². The lowest BCUT2D eigenvalue weighted by molar-refractivity contribution is 0.258. The lowest BCUT2D eigenvalue weighted by Gasteiger charge is -2.15. The molecule has 0 bridgehead atoms. The highest BCUT2D eigenvalue weighted by Gasteiger charge is 2.14. The second kappa shape index (κ2) is 27.4. The molecule has 8 heteroatoms. The Morgan fingerprint density at radius 1 is 0.467 bits per heavy atom. The molecule has 0 saturated heterocycles. The largest absolute Gasteiger partial charge is 0.507 e. The first-order chi connectivity index (χ1) is 29.6. The van der Waals surface area contributed by atoms with Gasteiger partial charge in [0.2, 0.25) is 0 Å². The molecule has 0 amide bonds. The van der Waals surface area contributed by atoms with Crippen LogP contribution in [0.25, 0.3) is 20.9 Å². The zero-order valence-corrected chi connectivity index (χ0v) is 37.8. The van der Waals surface area contributed by atoms with Crippen molar-refractivity contribution in [2.75, 3.05) is 13.2 Å². The second-order valence-corrected chi connectivity index (χ2v) is 17.8. The minimum atomic E-state index is 0.147. The number of hydrogen-bond acceptors (Lipinski definition) is 8. The van der Waals surface area contributed by atoms with Gasteiger partial charge in [0.15, 0.2) is 11.5 Å². The average Bonchev–Trinajstić information content (AvgIpc) is 4.01. The molecule has 322 valence electrons. The normalized spacial score (nSPS) is 11.6. The topological polar surface area (TPSA) is 83.6 Å². The smallest absolute Gasteiger partial charge is 0.163 e. The van der Waals surface area contributed by atoms with Gasteiger partial charge >= 0.3 is 0 Å². The summed E-state index contributed by atoms with van der Waals surface area (Å²) >= 11 is 3.31. The number of aliphatic imine (C=N–C) groups is 2. The van der Waals surface area contributed by atoms with Gasteiger partial charge in [0.05, 0.1) is 24.6 Å².